The Labute approximate surface area is 119 Å². The fourth-order valence-electron chi connectivity index (χ4n) is 1.45. The SMILES string of the molecule is CCCNC(=O)CSc1nc(NN)nc2ccsc12. The number of rotatable bonds is 6. The van der Waals surface area contributed by atoms with E-state index in [2.05, 4.69) is 20.7 Å². The molecule has 102 valence electrons. The normalized spacial score (nSPS) is 10.6. The van der Waals surface area contributed by atoms with Crippen molar-refractivity contribution in [2.75, 3.05) is 17.7 Å². The largest absolute Gasteiger partial charge is 0.355 e. The van der Waals surface area contributed by atoms with Crippen LogP contribution in [0.25, 0.3) is 10.2 Å². The minimum Gasteiger partial charge on any atom is -0.355 e. The van der Waals surface area contributed by atoms with E-state index in [4.69, 9.17) is 5.84 Å². The highest BCUT2D eigenvalue weighted by Gasteiger charge is 2.11. The van der Waals surface area contributed by atoms with Gasteiger partial charge < -0.3 is 5.32 Å². The lowest BCUT2D eigenvalue weighted by molar-refractivity contribution is -0.118. The van der Waals surface area contributed by atoms with Crippen molar-refractivity contribution in [1.82, 2.24) is 15.3 Å². The van der Waals surface area contributed by atoms with Gasteiger partial charge in [0.15, 0.2) is 0 Å². The van der Waals surface area contributed by atoms with Crippen LogP contribution in [-0.2, 0) is 4.79 Å². The first-order chi connectivity index (χ1) is 9.24. The third-order valence-electron chi connectivity index (χ3n) is 2.31. The highest BCUT2D eigenvalue weighted by Crippen LogP contribution is 2.30. The maximum Gasteiger partial charge on any atom is 0.238 e. The zero-order valence-corrected chi connectivity index (χ0v) is 12.1. The van der Waals surface area contributed by atoms with Crippen molar-refractivity contribution < 1.29 is 4.79 Å². The molecule has 0 saturated carbocycles. The summed E-state index contributed by atoms with van der Waals surface area (Å²) >= 11 is 2.95. The molecule has 0 aromatic carbocycles. The van der Waals surface area contributed by atoms with E-state index in [0.717, 1.165) is 21.7 Å². The number of nitrogen functional groups attached to an aromatic ring is 1. The van der Waals surface area contributed by atoms with Crippen LogP contribution in [0.15, 0.2) is 16.5 Å². The number of amides is 1. The molecule has 2 aromatic heterocycles. The fraction of sp³-hybridized carbons (Fsp3) is 0.364. The first kappa shape index (κ1) is 14.0. The van der Waals surface area contributed by atoms with Crippen molar-refractivity contribution in [3.63, 3.8) is 0 Å². The van der Waals surface area contributed by atoms with Crippen molar-refractivity contribution in [2.24, 2.45) is 5.84 Å². The lowest BCUT2D eigenvalue weighted by atomic mass is 10.5. The number of fused-ring (bicyclic) bond motifs is 1. The van der Waals surface area contributed by atoms with Gasteiger partial charge in [0, 0.05) is 6.54 Å². The molecule has 1 amide bonds. The van der Waals surface area contributed by atoms with Gasteiger partial charge in [-0.25, -0.2) is 15.8 Å². The number of thiophene rings is 1. The van der Waals surface area contributed by atoms with Crippen molar-refractivity contribution >= 4 is 45.2 Å². The lowest BCUT2D eigenvalue weighted by Crippen LogP contribution is -2.25. The van der Waals surface area contributed by atoms with E-state index in [9.17, 15) is 4.79 Å². The van der Waals surface area contributed by atoms with E-state index >= 15 is 0 Å². The van der Waals surface area contributed by atoms with E-state index in [1.165, 1.54) is 11.8 Å². The van der Waals surface area contributed by atoms with Gasteiger partial charge >= 0.3 is 0 Å². The van der Waals surface area contributed by atoms with E-state index in [0.29, 0.717) is 18.2 Å². The van der Waals surface area contributed by atoms with Crippen LogP contribution in [0.5, 0.6) is 0 Å². The topological polar surface area (TPSA) is 92.9 Å². The molecule has 0 radical (unpaired) electrons. The van der Waals surface area contributed by atoms with Crippen LogP contribution in [0.4, 0.5) is 5.95 Å². The van der Waals surface area contributed by atoms with Gasteiger partial charge in [0.2, 0.25) is 11.9 Å². The summed E-state index contributed by atoms with van der Waals surface area (Å²) in [7, 11) is 0. The van der Waals surface area contributed by atoms with E-state index in [-0.39, 0.29) is 5.91 Å². The highest BCUT2D eigenvalue weighted by atomic mass is 32.2. The highest BCUT2D eigenvalue weighted by molar-refractivity contribution is 8.00. The van der Waals surface area contributed by atoms with Gasteiger partial charge in [-0.3, -0.25) is 10.2 Å². The maximum absolute atomic E-state index is 11.6. The van der Waals surface area contributed by atoms with Crippen LogP contribution in [0.1, 0.15) is 13.3 Å². The summed E-state index contributed by atoms with van der Waals surface area (Å²) in [5, 5.41) is 5.56. The van der Waals surface area contributed by atoms with Gasteiger partial charge in [-0.15, -0.1) is 11.3 Å². The Balaban J connectivity index is 2.10. The summed E-state index contributed by atoms with van der Waals surface area (Å²) in [5.74, 6) is 6.06. The average Bonchev–Trinajstić information content (AvgIpc) is 2.90. The molecule has 0 atom stereocenters. The predicted octanol–water partition coefficient (Wildman–Crippen LogP) is 1.60. The second kappa shape index (κ2) is 6.69. The summed E-state index contributed by atoms with van der Waals surface area (Å²) in [6.45, 7) is 2.72. The monoisotopic (exact) mass is 297 g/mol. The van der Waals surface area contributed by atoms with Crippen molar-refractivity contribution in [2.45, 2.75) is 18.4 Å². The second-order valence-corrected chi connectivity index (χ2v) is 5.65. The summed E-state index contributed by atoms with van der Waals surface area (Å²) in [4.78, 5) is 20.1. The van der Waals surface area contributed by atoms with Gasteiger partial charge in [0.1, 0.15) is 5.03 Å². The van der Waals surface area contributed by atoms with Crippen molar-refractivity contribution in [3.8, 4) is 0 Å². The molecule has 0 saturated heterocycles. The molecular weight excluding hydrogens is 282 g/mol. The van der Waals surface area contributed by atoms with E-state index < -0.39 is 0 Å². The van der Waals surface area contributed by atoms with Crippen LogP contribution in [-0.4, -0.2) is 28.2 Å². The number of thioether (sulfide) groups is 1. The molecule has 0 aliphatic rings. The van der Waals surface area contributed by atoms with E-state index in [1.54, 1.807) is 11.3 Å². The third-order valence-corrected chi connectivity index (χ3v) is 4.33. The average molecular weight is 297 g/mol. The molecule has 2 heterocycles. The number of nitrogens with one attached hydrogen (secondary N) is 2. The van der Waals surface area contributed by atoms with E-state index in [1.807, 2.05) is 18.4 Å². The van der Waals surface area contributed by atoms with Crippen molar-refractivity contribution in [3.05, 3.63) is 11.4 Å². The first-order valence-electron chi connectivity index (χ1n) is 5.86. The molecule has 4 N–H and O–H groups in total. The number of nitrogens with zero attached hydrogens (tertiary/aromatic N) is 2. The first-order valence-corrected chi connectivity index (χ1v) is 7.72. The number of carbonyl (C=O) groups is 1. The lowest BCUT2D eigenvalue weighted by Gasteiger charge is -2.05. The standard InChI is InChI=1S/C11H15N5OS2/c1-2-4-13-8(17)6-19-10-9-7(3-5-18-9)14-11(15-10)16-12/h3,5H,2,4,6,12H2,1H3,(H,13,17)(H,14,15,16). The Morgan fingerprint density at radius 1 is 1.53 bits per heavy atom. The predicted molar refractivity (Wildman–Crippen MR) is 79.2 cm³/mol. The zero-order valence-electron chi connectivity index (χ0n) is 10.5. The van der Waals surface area contributed by atoms with Crippen LogP contribution in [0, 0.1) is 0 Å². The maximum atomic E-state index is 11.6. The summed E-state index contributed by atoms with van der Waals surface area (Å²) in [6.07, 6.45) is 0.931. The second-order valence-electron chi connectivity index (χ2n) is 3.77. The smallest absolute Gasteiger partial charge is 0.238 e. The summed E-state index contributed by atoms with van der Waals surface area (Å²) < 4.78 is 0.979. The number of hydrogen-bond donors (Lipinski definition) is 3. The Morgan fingerprint density at radius 2 is 2.37 bits per heavy atom. The molecule has 0 fully saturated rings. The minimum atomic E-state index is 0.0115. The quantitative estimate of drug-likeness (QED) is 0.324. The molecule has 0 unspecified atom stereocenters. The Bertz CT molecular complexity index is 571. The molecule has 8 heteroatoms. The molecular formula is C11H15N5OS2. The number of hydrogen-bond acceptors (Lipinski definition) is 7. The number of aromatic nitrogens is 2. The van der Waals surface area contributed by atoms with Gasteiger partial charge in [-0.1, -0.05) is 18.7 Å². The van der Waals surface area contributed by atoms with Gasteiger partial charge in [-0.05, 0) is 17.9 Å². The number of carbonyl (C=O) groups excluding carboxylic acids is 1. The van der Waals surface area contributed by atoms with Gasteiger partial charge in [0.05, 0.1) is 16.0 Å². The molecule has 0 aliphatic carbocycles. The van der Waals surface area contributed by atoms with Crippen LogP contribution >= 0.6 is 23.1 Å². The van der Waals surface area contributed by atoms with Crippen LogP contribution in [0.3, 0.4) is 0 Å². The molecule has 6 nitrogen and oxygen atoms in total. The Morgan fingerprint density at radius 3 is 3.11 bits per heavy atom. The molecule has 0 bridgehead atoms. The molecule has 2 aromatic rings. The Hall–Kier alpha value is -1.38. The third kappa shape index (κ3) is 3.55. The van der Waals surface area contributed by atoms with Gasteiger partial charge in [0.25, 0.3) is 0 Å². The van der Waals surface area contributed by atoms with Crippen molar-refractivity contribution in [1.29, 1.82) is 0 Å². The minimum absolute atomic E-state index is 0.0115. The molecule has 0 spiro atoms. The Kier molecular flexibility index (Phi) is 4.94. The summed E-state index contributed by atoms with van der Waals surface area (Å²) in [6, 6.07) is 1.91. The summed E-state index contributed by atoms with van der Waals surface area (Å²) in [5.41, 5.74) is 3.28. The molecule has 2 rings (SSSR count). The molecule has 19 heavy (non-hydrogen) atoms. The van der Waals surface area contributed by atoms with Gasteiger partial charge in [-0.2, -0.15) is 0 Å². The number of hydrazine groups is 1. The van der Waals surface area contributed by atoms with Crippen LogP contribution < -0.4 is 16.6 Å². The fourth-order valence-corrected chi connectivity index (χ4v) is 3.24. The number of anilines is 1. The number of nitrogens with two attached hydrogens (primary N) is 1. The molecule has 0 aliphatic heterocycles. The van der Waals surface area contributed by atoms with Crippen LogP contribution in [0.2, 0.25) is 0 Å². The zero-order chi connectivity index (χ0) is 13.7.